The van der Waals surface area contributed by atoms with Crippen LogP contribution in [0.2, 0.25) is 0 Å². The Morgan fingerprint density at radius 2 is 2.13 bits per heavy atom. The Kier molecular flexibility index (Phi) is 4.63. The second-order valence-corrected chi connectivity index (χ2v) is 4.12. The van der Waals surface area contributed by atoms with Crippen molar-refractivity contribution in [2.75, 3.05) is 11.9 Å². The van der Waals surface area contributed by atoms with E-state index in [-0.39, 0.29) is 0 Å². The molecule has 1 aromatic rings. The van der Waals surface area contributed by atoms with Crippen LogP contribution >= 0.6 is 0 Å². The van der Waals surface area contributed by atoms with Crippen LogP contribution < -0.4 is 10.6 Å². The van der Waals surface area contributed by atoms with Crippen LogP contribution in [-0.4, -0.2) is 13.1 Å². The lowest BCUT2D eigenvalue weighted by molar-refractivity contribution is 0.616. The Labute approximate surface area is 93.1 Å². The van der Waals surface area contributed by atoms with Crippen molar-refractivity contribution in [3.8, 4) is 0 Å². The smallest absolute Gasteiger partial charge is 0.0369 e. The van der Waals surface area contributed by atoms with E-state index in [1.807, 2.05) is 0 Å². The highest BCUT2D eigenvalue weighted by Gasteiger charge is 2.08. The first kappa shape index (κ1) is 12.1. The first-order valence-corrected chi connectivity index (χ1v) is 5.70. The zero-order valence-electron chi connectivity index (χ0n) is 10.0. The predicted molar refractivity (Wildman–Crippen MR) is 67.1 cm³/mol. The summed E-state index contributed by atoms with van der Waals surface area (Å²) in [6.45, 7) is 5.10. The van der Waals surface area contributed by atoms with E-state index in [1.54, 1.807) is 0 Å². The van der Waals surface area contributed by atoms with Crippen LogP contribution in [0.4, 0.5) is 5.69 Å². The van der Waals surface area contributed by atoms with Crippen LogP contribution in [0.1, 0.15) is 32.3 Å². The van der Waals surface area contributed by atoms with Crippen molar-refractivity contribution < 1.29 is 0 Å². The average molecular weight is 206 g/mol. The summed E-state index contributed by atoms with van der Waals surface area (Å²) in [5.74, 6) is 0. The quantitative estimate of drug-likeness (QED) is 0.802. The maximum absolute atomic E-state index is 5.64. The molecule has 0 saturated carbocycles. The first-order chi connectivity index (χ1) is 7.19. The molecule has 15 heavy (non-hydrogen) atoms. The molecule has 0 aliphatic carbocycles. The monoisotopic (exact) mass is 206 g/mol. The lowest BCUT2D eigenvalue weighted by atomic mass is 10.1. The van der Waals surface area contributed by atoms with Gasteiger partial charge in [-0.05, 0) is 31.0 Å². The molecule has 0 spiro atoms. The number of rotatable bonds is 5. The van der Waals surface area contributed by atoms with Crippen LogP contribution in [0.25, 0.3) is 0 Å². The molecule has 1 unspecified atom stereocenters. The molecule has 2 heteroatoms. The molecule has 0 aliphatic heterocycles. The van der Waals surface area contributed by atoms with Crippen LogP contribution in [0, 0.1) is 0 Å². The van der Waals surface area contributed by atoms with Crippen molar-refractivity contribution in [3.05, 3.63) is 29.8 Å². The molecule has 0 aromatic heterocycles. The highest BCUT2D eigenvalue weighted by atomic mass is 15.1. The average Bonchev–Trinajstić information content (AvgIpc) is 2.28. The lowest BCUT2D eigenvalue weighted by Crippen LogP contribution is -2.28. The van der Waals surface area contributed by atoms with Gasteiger partial charge < -0.3 is 10.6 Å². The van der Waals surface area contributed by atoms with Crippen molar-refractivity contribution in [1.82, 2.24) is 0 Å². The minimum absolute atomic E-state index is 0.586. The molecule has 1 atom stereocenters. The molecule has 2 nitrogen and oxygen atoms in total. The Morgan fingerprint density at radius 1 is 1.40 bits per heavy atom. The van der Waals surface area contributed by atoms with Gasteiger partial charge in [0.25, 0.3) is 0 Å². The van der Waals surface area contributed by atoms with Crippen molar-refractivity contribution in [2.24, 2.45) is 5.73 Å². The van der Waals surface area contributed by atoms with E-state index in [1.165, 1.54) is 24.1 Å². The number of nitrogens with two attached hydrogens (primary N) is 1. The Balaban J connectivity index is 2.76. The summed E-state index contributed by atoms with van der Waals surface area (Å²) in [6, 6.07) is 9.05. The number of hydrogen-bond donors (Lipinski definition) is 1. The molecular weight excluding hydrogens is 184 g/mol. The molecule has 0 fully saturated rings. The molecule has 0 aliphatic rings. The van der Waals surface area contributed by atoms with E-state index in [0.29, 0.717) is 12.6 Å². The highest BCUT2D eigenvalue weighted by molar-refractivity contribution is 5.48. The third kappa shape index (κ3) is 3.24. The summed E-state index contributed by atoms with van der Waals surface area (Å²) in [7, 11) is 2.15. The molecule has 0 radical (unpaired) electrons. The second-order valence-electron chi connectivity index (χ2n) is 4.12. The van der Waals surface area contributed by atoms with Gasteiger partial charge in [-0.15, -0.1) is 0 Å². The molecule has 2 N–H and O–H groups in total. The minimum Gasteiger partial charge on any atom is -0.372 e. The number of nitrogens with zero attached hydrogens (tertiary/aromatic N) is 1. The van der Waals surface area contributed by atoms with Crippen LogP contribution in [-0.2, 0) is 6.54 Å². The highest BCUT2D eigenvalue weighted by Crippen LogP contribution is 2.18. The SMILES string of the molecule is CCCC(C)N(C)c1cccc(CN)c1. The molecule has 84 valence electrons. The summed E-state index contributed by atoms with van der Waals surface area (Å²) < 4.78 is 0. The molecule has 0 saturated heterocycles. The van der Waals surface area contributed by atoms with Gasteiger partial charge in [0.05, 0.1) is 0 Å². The minimum atomic E-state index is 0.586. The molecule has 0 bridgehead atoms. The number of benzene rings is 1. The maximum Gasteiger partial charge on any atom is 0.0369 e. The third-order valence-electron chi connectivity index (χ3n) is 2.92. The normalized spacial score (nSPS) is 12.5. The first-order valence-electron chi connectivity index (χ1n) is 5.70. The van der Waals surface area contributed by atoms with Crippen molar-refractivity contribution >= 4 is 5.69 Å². The summed E-state index contributed by atoms with van der Waals surface area (Å²) in [5.41, 5.74) is 8.10. The fourth-order valence-electron chi connectivity index (χ4n) is 1.77. The van der Waals surface area contributed by atoms with E-state index >= 15 is 0 Å². The van der Waals surface area contributed by atoms with Crippen LogP contribution in [0.15, 0.2) is 24.3 Å². The van der Waals surface area contributed by atoms with Gasteiger partial charge in [-0.1, -0.05) is 25.5 Å². The van der Waals surface area contributed by atoms with Gasteiger partial charge in [-0.25, -0.2) is 0 Å². The predicted octanol–water partition coefficient (Wildman–Crippen LogP) is 2.77. The summed E-state index contributed by atoms with van der Waals surface area (Å²) in [5, 5.41) is 0. The zero-order valence-corrected chi connectivity index (χ0v) is 10.0. The van der Waals surface area contributed by atoms with Crippen molar-refractivity contribution in [3.63, 3.8) is 0 Å². The fourth-order valence-corrected chi connectivity index (χ4v) is 1.77. The van der Waals surface area contributed by atoms with Crippen LogP contribution in [0.3, 0.4) is 0 Å². The second kappa shape index (κ2) is 5.76. The van der Waals surface area contributed by atoms with E-state index in [4.69, 9.17) is 5.73 Å². The van der Waals surface area contributed by atoms with E-state index in [2.05, 4.69) is 50.1 Å². The lowest BCUT2D eigenvalue weighted by Gasteiger charge is -2.27. The van der Waals surface area contributed by atoms with E-state index in [9.17, 15) is 0 Å². The van der Waals surface area contributed by atoms with Crippen LogP contribution in [0.5, 0.6) is 0 Å². The van der Waals surface area contributed by atoms with Gasteiger partial charge in [0.15, 0.2) is 0 Å². The fraction of sp³-hybridized carbons (Fsp3) is 0.538. The molecular formula is C13H22N2. The molecule has 1 rings (SSSR count). The molecule has 0 amide bonds. The Hall–Kier alpha value is -1.02. The number of anilines is 1. The van der Waals surface area contributed by atoms with E-state index < -0.39 is 0 Å². The standard InChI is InChI=1S/C13H22N2/c1-4-6-11(2)15(3)13-8-5-7-12(9-13)10-14/h5,7-9,11H,4,6,10,14H2,1-3H3. The molecule has 0 heterocycles. The van der Waals surface area contributed by atoms with E-state index in [0.717, 1.165) is 0 Å². The summed E-state index contributed by atoms with van der Waals surface area (Å²) >= 11 is 0. The van der Waals surface area contributed by atoms with Crippen molar-refractivity contribution in [1.29, 1.82) is 0 Å². The number of hydrogen-bond acceptors (Lipinski definition) is 2. The topological polar surface area (TPSA) is 29.3 Å². The van der Waals surface area contributed by atoms with Gasteiger partial charge in [0.1, 0.15) is 0 Å². The molecule has 1 aromatic carbocycles. The maximum atomic E-state index is 5.64. The summed E-state index contributed by atoms with van der Waals surface area (Å²) in [4.78, 5) is 2.32. The zero-order chi connectivity index (χ0) is 11.3. The third-order valence-corrected chi connectivity index (χ3v) is 2.92. The Morgan fingerprint density at radius 3 is 2.73 bits per heavy atom. The largest absolute Gasteiger partial charge is 0.372 e. The Bertz CT molecular complexity index is 296. The van der Waals surface area contributed by atoms with Crippen molar-refractivity contribution in [2.45, 2.75) is 39.3 Å². The van der Waals surface area contributed by atoms with Gasteiger partial charge in [-0.2, -0.15) is 0 Å². The van der Waals surface area contributed by atoms with Gasteiger partial charge in [0.2, 0.25) is 0 Å². The van der Waals surface area contributed by atoms with Gasteiger partial charge in [0, 0.05) is 25.3 Å². The summed E-state index contributed by atoms with van der Waals surface area (Å²) in [6.07, 6.45) is 2.45. The van der Waals surface area contributed by atoms with Gasteiger partial charge in [-0.3, -0.25) is 0 Å². The van der Waals surface area contributed by atoms with Gasteiger partial charge >= 0.3 is 0 Å².